The van der Waals surface area contributed by atoms with E-state index in [0.717, 1.165) is 19.6 Å². The second-order valence-electron chi connectivity index (χ2n) is 2.53. The van der Waals surface area contributed by atoms with Crippen molar-refractivity contribution in [3.63, 3.8) is 0 Å². The molecule has 0 aromatic rings. The molecule has 12 heavy (non-hydrogen) atoms. The summed E-state index contributed by atoms with van der Waals surface area (Å²) in [6.45, 7) is 2.59. The van der Waals surface area contributed by atoms with Crippen molar-refractivity contribution in [1.82, 2.24) is 10.2 Å². The summed E-state index contributed by atoms with van der Waals surface area (Å²) in [5.74, 6) is 0. The van der Waals surface area contributed by atoms with Crippen molar-refractivity contribution >= 4 is 58.2 Å². The largest absolute Gasteiger partial charge is 0.347 e. The first-order valence-corrected chi connectivity index (χ1v) is 5.27. The number of hydrogen-bond donors (Lipinski definition) is 3. The number of nitrogens with zero attached hydrogens (tertiary/aromatic N) is 1. The summed E-state index contributed by atoms with van der Waals surface area (Å²) in [5, 5.41) is 3.23. The van der Waals surface area contributed by atoms with E-state index in [0.29, 0.717) is 8.52 Å². The first-order chi connectivity index (χ1) is 5.63. The van der Waals surface area contributed by atoms with Gasteiger partial charge in [-0.25, -0.2) is 0 Å². The molecule has 0 saturated carbocycles. The van der Waals surface area contributed by atoms with Crippen LogP contribution < -0.4 is 5.32 Å². The van der Waals surface area contributed by atoms with E-state index in [2.05, 4.69) is 30.6 Å². The van der Waals surface area contributed by atoms with Crippen molar-refractivity contribution in [3.05, 3.63) is 0 Å². The van der Waals surface area contributed by atoms with Gasteiger partial charge in [-0.05, 0) is 0 Å². The van der Waals surface area contributed by atoms with Gasteiger partial charge in [0, 0.05) is 19.6 Å². The Hall–Kier alpha value is 0.640. The zero-order chi connectivity index (χ0) is 9.14. The normalized spacial score (nSPS) is 23.8. The zero-order valence-corrected chi connectivity index (χ0v) is 9.78. The van der Waals surface area contributed by atoms with E-state index in [1.807, 2.05) is 4.90 Å². The fourth-order valence-corrected chi connectivity index (χ4v) is 2.05. The molecular formula is C6H10N2S4. The van der Waals surface area contributed by atoms with Crippen molar-refractivity contribution in [2.45, 2.75) is 6.04 Å². The lowest BCUT2D eigenvalue weighted by molar-refractivity contribution is 0.328. The van der Waals surface area contributed by atoms with Gasteiger partial charge in [-0.1, -0.05) is 24.4 Å². The summed E-state index contributed by atoms with van der Waals surface area (Å²) < 4.78 is 1.26. The smallest absolute Gasteiger partial charge is 0.133 e. The Balaban J connectivity index is 2.67. The summed E-state index contributed by atoms with van der Waals surface area (Å²) >= 11 is 18.3. The molecule has 0 amide bonds. The predicted octanol–water partition coefficient (Wildman–Crippen LogP) is 0.732. The molecule has 1 aliphatic rings. The summed E-state index contributed by atoms with van der Waals surface area (Å²) in [6, 6.07) is 0.113. The highest BCUT2D eigenvalue weighted by Crippen LogP contribution is 2.10. The maximum atomic E-state index is 5.00. The second kappa shape index (κ2) is 4.76. The van der Waals surface area contributed by atoms with Crippen LogP contribution in [0.1, 0.15) is 0 Å². The fraction of sp³-hybridized carbons (Fsp3) is 0.667. The molecule has 1 aliphatic heterocycles. The van der Waals surface area contributed by atoms with Crippen LogP contribution in [-0.2, 0) is 0 Å². The molecule has 1 atom stereocenters. The summed E-state index contributed by atoms with van der Waals surface area (Å²) in [6.07, 6.45) is 0. The molecule has 1 N–H and O–H groups in total. The third kappa shape index (κ3) is 2.56. The molecule has 2 nitrogen and oxygen atoms in total. The van der Waals surface area contributed by atoms with Gasteiger partial charge in [-0.15, -0.1) is 25.3 Å². The Morgan fingerprint density at radius 3 is 2.50 bits per heavy atom. The van der Waals surface area contributed by atoms with Gasteiger partial charge in [0.25, 0.3) is 0 Å². The molecule has 0 aromatic heterocycles. The molecule has 0 spiro atoms. The molecule has 68 valence electrons. The molecule has 0 aliphatic carbocycles. The van der Waals surface area contributed by atoms with Crippen molar-refractivity contribution in [2.75, 3.05) is 19.6 Å². The molecule has 6 heteroatoms. The Morgan fingerprint density at radius 1 is 1.42 bits per heavy atom. The van der Waals surface area contributed by atoms with E-state index in [-0.39, 0.29) is 6.04 Å². The Bertz CT molecular complexity index is 184. The van der Waals surface area contributed by atoms with Crippen LogP contribution in [0.15, 0.2) is 0 Å². The molecule has 0 aromatic carbocycles. The Morgan fingerprint density at radius 2 is 2.08 bits per heavy atom. The molecule has 1 saturated heterocycles. The van der Waals surface area contributed by atoms with E-state index in [1.54, 1.807) is 0 Å². The SMILES string of the molecule is S=C(S)C1CNCCN1C(=S)S. The standard InChI is InChI=1S/C6H10N2S4/c9-5(10)4-3-7-1-2-8(4)6(11)12/h4,7H,1-3H2,(H,9,10)(H,11,12). The van der Waals surface area contributed by atoms with Crippen LogP contribution >= 0.6 is 49.7 Å². The van der Waals surface area contributed by atoms with Crippen molar-refractivity contribution < 1.29 is 0 Å². The number of hydrogen-bond acceptors (Lipinski definition) is 3. The first-order valence-electron chi connectivity index (χ1n) is 3.56. The van der Waals surface area contributed by atoms with Crippen LogP contribution in [0, 0.1) is 0 Å². The highest BCUT2D eigenvalue weighted by molar-refractivity contribution is 8.12. The summed E-state index contributed by atoms with van der Waals surface area (Å²) in [4.78, 5) is 1.99. The van der Waals surface area contributed by atoms with Crippen LogP contribution in [-0.4, -0.2) is 39.1 Å². The summed E-state index contributed by atoms with van der Waals surface area (Å²) in [7, 11) is 0. The highest BCUT2D eigenvalue weighted by atomic mass is 32.1. The molecule has 0 bridgehead atoms. The number of rotatable bonds is 1. The number of piperazine rings is 1. The van der Waals surface area contributed by atoms with Gasteiger partial charge in [0.2, 0.25) is 0 Å². The van der Waals surface area contributed by atoms with Gasteiger partial charge in [-0.2, -0.15) is 0 Å². The minimum Gasteiger partial charge on any atom is -0.347 e. The second-order valence-corrected chi connectivity index (χ2v) is 4.87. The van der Waals surface area contributed by atoms with Crippen LogP contribution in [0.5, 0.6) is 0 Å². The van der Waals surface area contributed by atoms with E-state index in [9.17, 15) is 0 Å². The maximum Gasteiger partial charge on any atom is 0.133 e. The van der Waals surface area contributed by atoms with Crippen molar-refractivity contribution in [1.29, 1.82) is 0 Å². The molecule has 0 radical (unpaired) electrons. The third-order valence-corrected chi connectivity index (χ3v) is 2.84. The van der Waals surface area contributed by atoms with Crippen LogP contribution in [0.3, 0.4) is 0 Å². The quantitative estimate of drug-likeness (QED) is 0.461. The van der Waals surface area contributed by atoms with Crippen molar-refractivity contribution in [3.8, 4) is 0 Å². The maximum absolute atomic E-state index is 5.00. The summed E-state index contributed by atoms with van der Waals surface area (Å²) in [5.41, 5.74) is 0. The molecule has 1 fully saturated rings. The Kier molecular flexibility index (Phi) is 4.25. The average molecular weight is 238 g/mol. The van der Waals surface area contributed by atoms with Crippen LogP contribution in [0.25, 0.3) is 0 Å². The van der Waals surface area contributed by atoms with E-state index < -0.39 is 0 Å². The number of thiocarbonyl (C=S) groups is 2. The lowest BCUT2D eigenvalue weighted by atomic mass is 10.2. The number of thiol groups is 2. The lowest BCUT2D eigenvalue weighted by Gasteiger charge is -2.35. The molecular weight excluding hydrogens is 228 g/mol. The van der Waals surface area contributed by atoms with Gasteiger partial charge in [-0.3, -0.25) is 0 Å². The highest BCUT2D eigenvalue weighted by Gasteiger charge is 2.24. The zero-order valence-electron chi connectivity index (χ0n) is 6.36. The van der Waals surface area contributed by atoms with Gasteiger partial charge in [0.15, 0.2) is 0 Å². The lowest BCUT2D eigenvalue weighted by Crippen LogP contribution is -2.54. The minimum absolute atomic E-state index is 0.113. The van der Waals surface area contributed by atoms with Crippen molar-refractivity contribution in [2.24, 2.45) is 0 Å². The monoisotopic (exact) mass is 238 g/mol. The molecule has 1 unspecified atom stereocenters. The predicted molar refractivity (Wildman–Crippen MR) is 66.5 cm³/mol. The Labute approximate surface area is 93.9 Å². The van der Waals surface area contributed by atoms with Crippen LogP contribution in [0.4, 0.5) is 0 Å². The fourth-order valence-electron chi connectivity index (χ4n) is 1.15. The average Bonchev–Trinajstić information content (AvgIpc) is 2.04. The molecule has 1 rings (SSSR count). The topological polar surface area (TPSA) is 15.3 Å². The first kappa shape index (κ1) is 10.7. The minimum atomic E-state index is 0.113. The van der Waals surface area contributed by atoms with Crippen LogP contribution in [0.2, 0.25) is 0 Å². The van der Waals surface area contributed by atoms with E-state index in [1.165, 1.54) is 0 Å². The van der Waals surface area contributed by atoms with Gasteiger partial charge in [0.05, 0.1) is 10.2 Å². The van der Waals surface area contributed by atoms with E-state index >= 15 is 0 Å². The van der Waals surface area contributed by atoms with Gasteiger partial charge < -0.3 is 10.2 Å². The third-order valence-electron chi connectivity index (χ3n) is 1.77. The van der Waals surface area contributed by atoms with E-state index in [4.69, 9.17) is 24.4 Å². The number of nitrogens with one attached hydrogen (secondary N) is 1. The molecule has 1 heterocycles. The van der Waals surface area contributed by atoms with Gasteiger partial charge >= 0.3 is 0 Å². The van der Waals surface area contributed by atoms with Gasteiger partial charge in [0.1, 0.15) is 4.32 Å².